The summed E-state index contributed by atoms with van der Waals surface area (Å²) < 4.78 is 5.40. The molecule has 20 heavy (non-hydrogen) atoms. The molecule has 4 heteroatoms. The van der Waals surface area contributed by atoms with E-state index in [2.05, 4.69) is 31.2 Å². The third-order valence-corrected chi connectivity index (χ3v) is 5.18. The maximum absolute atomic E-state index is 6.02. The second kappa shape index (κ2) is 7.21. The Morgan fingerprint density at radius 3 is 2.25 bits per heavy atom. The number of nitrogens with one attached hydrogen (secondary N) is 1. The number of hydrogen-bond acceptors (Lipinski definition) is 4. The molecule has 1 aliphatic heterocycles. The van der Waals surface area contributed by atoms with Crippen molar-refractivity contribution in [1.29, 1.82) is 0 Å². The molecular formula is C16H33N3O. The highest BCUT2D eigenvalue weighted by Crippen LogP contribution is 2.40. The number of nitrogens with two attached hydrogens (primary N) is 1. The molecule has 1 heterocycles. The molecule has 0 bridgehead atoms. The topological polar surface area (TPSA) is 50.5 Å². The molecule has 0 spiro atoms. The molecule has 1 unspecified atom stereocenters. The summed E-state index contributed by atoms with van der Waals surface area (Å²) in [4.78, 5) is 0. The fraction of sp³-hybridized carbons (Fsp3) is 1.00. The van der Waals surface area contributed by atoms with E-state index in [0.29, 0.717) is 11.5 Å². The minimum absolute atomic E-state index is 0.439. The van der Waals surface area contributed by atoms with Crippen molar-refractivity contribution in [1.82, 2.24) is 10.4 Å². The second-order valence-corrected chi connectivity index (χ2v) is 7.55. The van der Waals surface area contributed by atoms with E-state index in [1.54, 1.807) is 0 Å². The summed E-state index contributed by atoms with van der Waals surface area (Å²) >= 11 is 0. The SMILES string of the molecule is CC(C)(C)C1CCC(C(CN)NN2CCOCC2)CC1. The molecule has 1 saturated carbocycles. The summed E-state index contributed by atoms with van der Waals surface area (Å²) in [6.45, 7) is 11.5. The monoisotopic (exact) mass is 283 g/mol. The molecule has 118 valence electrons. The van der Waals surface area contributed by atoms with Crippen molar-refractivity contribution in [2.24, 2.45) is 23.0 Å². The first kappa shape index (κ1) is 16.2. The molecule has 0 radical (unpaired) electrons. The summed E-state index contributed by atoms with van der Waals surface area (Å²) in [6.07, 6.45) is 5.35. The standard InChI is InChI=1S/C16H33N3O/c1-16(2,3)14-6-4-13(5-7-14)15(12-17)18-19-8-10-20-11-9-19/h13-15,18H,4-12,17H2,1-3H3. The number of rotatable bonds is 4. The third-order valence-electron chi connectivity index (χ3n) is 5.18. The van der Waals surface area contributed by atoms with E-state index < -0.39 is 0 Å². The average molecular weight is 283 g/mol. The van der Waals surface area contributed by atoms with Crippen molar-refractivity contribution in [3.63, 3.8) is 0 Å². The zero-order valence-electron chi connectivity index (χ0n) is 13.5. The maximum atomic E-state index is 6.02. The first-order chi connectivity index (χ1) is 9.50. The third kappa shape index (κ3) is 4.42. The van der Waals surface area contributed by atoms with E-state index in [0.717, 1.165) is 44.7 Å². The van der Waals surface area contributed by atoms with E-state index in [9.17, 15) is 0 Å². The van der Waals surface area contributed by atoms with Gasteiger partial charge in [-0.05, 0) is 42.9 Å². The summed E-state index contributed by atoms with van der Waals surface area (Å²) in [5, 5.41) is 2.30. The zero-order valence-corrected chi connectivity index (χ0v) is 13.5. The van der Waals surface area contributed by atoms with Crippen LogP contribution in [0.25, 0.3) is 0 Å². The van der Waals surface area contributed by atoms with Crippen molar-refractivity contribution >= 4 is 0 Å². The Labute approximate surface area is 124 Å². The molecule has 2 fully saturated rings. The normalized spacial score (nSPS) is 31.2. The number of nitrogens with zero attached hydrogens (tertiary/aromatic N) is 1. The Morgan fingerprint density at radius 2 is 1.75 bits per heavy atom. The highest BCUT2D eigenvalue weighted by molar-refractivity contribution is 4.86. The Kier molecular flexibility index (Phi) is 5.84. The number of ether oxygens (including phenoxy) is 1. The van der Waals surface area contributed by atoms with Gasteiger partial charge in [0.15, 0.2) is 0 Å². The molecule has 1 saturated heterocycles. The molecule has 1 atom stereocenters. The Balaban J connectivity index is 1.80. The zero-order chi connectivity index (χ0) is 14.6. The van der Waals surface area contributed by atoms with Crippen LogP contribution in [-0.4, -0.2) is 43.9 Å². The number of hydrazine groups is 1. The van der Waals surface area contributed by atoms with Gasteiger partial charge < -0.3 is 10.5 Å². The van der Waals surface area contributed by atoms with Gasteiger partial charge in [0, 0.05) is 25.7 Å². The molecule has 0 aromatic rings. The smallest absolute Gasteiger partial charge is 0.0608 e. The van der Waals surface area contributed by atoms with Crippen molar-refractivity contribution in [3.8, 4) is 0 Å². The Morgan fingerprint density at radius 1 is 1.15 bits per heavy atom. The summed E-state index contributed by atoms with van der Waals surface area (Å²) in [5.41, 5.74) is 10.1. The quantitative estimate of drug-likeness (QED) is 0.828. The van der Waals surface area contributed by atoms with Gasteiger partial charge in [0.1, 0.15) is 0 Å². The van der Waals surface area contributed by atoms with Crippen LogP contribution in [0.5, 0.6) is 0 Å². The number of hydrogen-bond donors (Lipinski definition) is 2. The molecule has 0 aromatic carbocycles. The minimum Gasteiger partial charge on any atom is -0.379 e. The lowest BCUT2D eigenvalue weighted by Crippen LogP contribution is -2.55. The van der Waals surface area contributed by atoms with Crippen LogP contribution in [0.4, 0.5) is 0 Å². The van der Waals surface area contributed by atoms with Gasteiger partial charge in [0.25, 0.3) is 0 Å². The van der Waals surface area contributed by atoms with Crippen LogP contribution in [-0.2, 0) is 4.74 Å². The van der Waals surface area contributed by atoms with Crippen molar-refractivity contribution < 1.29 is 4.74 Å². The maximum Gasteiger partial charge on any atom is 0.0608 e. The van der Waals surface area contributed by atoms with Gasteiger partial charge in [-0.25, -0.2) is 5.01 Å². The van der Waals surface area contributed by atoms with Crippen LogP contribution in [0, 0.1) is 17.3 Å². The summed E-state index contributed by atoms with van der Waals surface area (Å²) in [5.74, 6) is 1.61. The van der Waals surface area contributed by atoms with E-state index in [-0.39, 0.29) is 0 Å². The van der Waals surface area contributed by atoms with Crippen molar-refractivity contribution in [3.05, 3.63) is 0 Å². The van der Waals surface area contributed by atoms with Gasteiger partial charge >= 0.3 is 0 Å². The highest BCUT2D eigenvalue weighted by Gasteiger charge is 2.33. The summed E-state index contributed by atoms with van der Waals surface area (Å²) in [6, 6.07) is 0.439. The molecule has 2 aliphatic rings. The highest BCUT2D eigenvalue weighted by atomic mass is 16.5. The minimum atomic E-state index is 0.439. The van der Waals surface area contributed by atoms with Gasteiger partial charge in [-0.3, -0.25) is 5.43 Å². The fourth-order valence-electron chi connectivity index (χ4n) is 3.67. The van der Waals surface area contributed by atoms with Crippen LogP contribution >= 0.6 is 0 Å². The lowest BCUT2D eigenvalue weighted by Gasteiger charge is -2.41. The van der Waals surface area contributed by atoms with Gasteiger partial charge in [-0.15, -0.1) is 0 Å². The molecule has 3 N–H and O–H groups in total. The van der Waals surface area contributed by atoms with Crippen LogP contribution in [0.2, 0.25) is 0 Å². The van der Waals surface area contributed by atoms with Gasteiger partial charge in [-0.1, -0.05) is 20.8 Å². The van der Waals surface area contributed by atoms with Crippen LogP contribution in [0.1, 0.15) is 46.5 Å². The summed E-state index contributed by atoms with van der Waals surface area (Å²) in [7, 11) is 0. The Hall–Kier alpha value is -0.160. The molecule has 1 aliphatic carbocycles. The van der Waals surface area contributed by atoms with Crippen LogP contribution in [0.3, 0.4) is 0 Å². The van der Waals surface area contributed by atoms with Gasteiger partial charge in [-0.2, -0.15) is 0 Å². The van der Waals surface area contributed by atoms with E-state index >= 15 is 0 Å². The average Bonchev–Trinajstić information content (AvgIpc) is 2.45. The van der Waals surface area contributed by atoms with Crippen molar-refractivity contribution in [2.45, 2.75) is 52.5 Å². The van der Waals surface area contributed by atoms with Crippen molar-refractivity contribution in [2.75, 3.05) is 32.8 Å². The lowest BCUT2D eigenvalue weighted by atomic mass is 9.68. The number of morpholine rings is 1. The first-order valence-corrected chi connectivity index (χ1v) is 8.29. The van der Waals surface area contributed by atoms with E-state index in [1.165, 1.54) is 25.7 Å². The van der Waals surface area contributed by atoms with E-state index in [1.807, 2.05) is 0 Å². The molecule has 0 amide bonds. The van der Waals surface area contributed by atoms with Crippen LogP contribution in [0.15, 0.2) is 0 Å². The molecule has 2 rings (SSSR count). The van der Waals surface area contributed by atoms with Crippen LogP contribution < -0.4 is 11.2 Å². The molecule has 4 nitrogen and oxygen atoms in total. The Bertz CT molecular complexity index is 276. The molecule has 0 aromatic heterocycles. The second-order valence-electron chi connectivity index (χ2n) is 7.55. The lowest BCUT2D eigenvalue weighted by molar-refractivity contribution is -0.00544. The predicted molar refractivity (Wildman–Crippen MR) is 83.3 cm³/mol. The largest absolute Gasteiger partial charge is 0.379 e. The van der Waals surface area contributed by atoms with Gasteiger partial charge in [0.2, 0.25) is 0 Å². The predicted octanol–water partition coefficient (Wildman–Crippen LogP) is 2.00. The molecular weight excluding hydrogens is 250 g/mol. The first-order valence-electron chi connectivity index (χ1n) is 8.29. The fourth-order valence-corrected chi connectivity index (χ4v) is 3.67. The van der Waals surface area contributed by atoms with E-state index in [4.69, 9.17) is 10.5 Å². The van der Waals surface area contributed by atoms with Gasteiger partial charge in [0.05, 0.1) is 13.2 Å².